The molecule has 0 radical (unpaired) electrons. The molecule has 9 heteroatoms. The first-order valence-corrected chi connectivity index (χ1v) is 10.2. The van der Waals surface area contributed by atoms with Crippen molar-refractivity contribution in [2.75, 3.05) is 11.9 Å². The van der Waals surface area contributed by atoms with E-state index in [-0.39, 0.29) is 29.6 Å². The molecule has 0 saturated heterocycles. The number of sulfonamides is 1. The van der Waals surface area contributed by atoms with Crippen LogP contribution in [0.5, 0.6) is 0 Å². The molecule has 150 valence electrons. The van der Waals surface area contributed by atoms with Gasteiger partial charge in [-0.1, -0.05) is 12.1 Å². The molecule has 2 aromatic carbocycles. The molecule has 0 aliphatic heterocycles. The van der Waals surface area contributed by atoms with Crippen molar-refractivity contribution in [3.63, 3.8) is 0 Å². The van der Waals surface area contributed by atoms with Crippen LogP contribution in [0.1, 0.15) is 23.7 Å². The van der Waals surface area contributed by atoms with Crippen LogP contribution in [-0.2, 0) is 14.8 Å². The number of anilines is 1. The third-order valence-corrected chi connectivity index (χ3v) is 5.60. The number of carbonyl (C=O) groups is 2. The molecule has 8 nitrogen and oxygen atoms in total. The van der Waals surface area contributed by atoms with Crippen LogP contribution in [-0.4, -0.2) is 26.7 Å². The van der Waals surface area contributed by atoms with Gasteiger partial charge in [0.2, 0.25) is 15.9 Å². The Kier molecular flexibility index (Phi) is 5.90. The number of benzene rings is 2. The van der Waals surface area contributed by atoms with Gasteiger partial charge in [0.15, 0.2) is 5.78 Å². The summed E-state index contributed by atoms with van der Waals surface area (Å²) in [5, 5.41) is 3.31. The van der Waals surface area contributed by atoms with Crippen LogP contribution in [0, 0.1) is 0 Å². The molecule has 2 N–H and O–H groups in total. The van der Waals surface area contributed by atoms with Crippen molar-refractivity contribution in [2.24, 2.45) is 0 Å². The van der Waals surface area contributed by atoms with Crippen molar-refractivity contribution in [1.29, 1.82) is 0 Å². The zero-order valence-electron chi connectivity index (χ0n) is 15.5. The number of hydrogen-bond donors (Lipinski definition) is 2. The number of rotatable bonds is 7. The van der Waals surface area contributed by atoms with Crippen LogP contribution >= 0.6 is 0 Å². The average molecular weight is 414 g/mol. The molecule has 0 atom stereocenters. The largest absolute Gasteiger partial charge is 0.423 e. The summed E-state index contributed by atoms with van der Waals surface area (Å²) in [7, 11) is -3.79. The minimum atomic E-state index is -3.79. The molecule has 3 aromatic rings. The minimum Gasteiger partial charge on any atom is -0.423 e. The van der Waals surface area contributed by atoms with Gasteiger partial charge in [0.1, 0.15) is 5.58 Å². The highest BCUT2D eigenvalue weighted by Gasteiger charge is 2.15. The number of hydrogen-bond acceptors (Lipinski definition) is 6. The molecular weight excluding hydrogens is 396 g/mol. The molecule has 0 aliphatic rings. The van der Waals surface area contributed by atoms with Gasteiger partial charge >= 0.3 is 5.63 Å². The Balaban J connectivity index is 1.57. The van der Waals surface area contributed by atoms with E-state index in [9.17, 15) is 22.8 Å². The van der Waals surface area contributed by atoms with Crippen molar-refractivity contribution >= 4 is 38.4 Å². The van der Waals surface area contributed by atoms with E-state index in [1.165, 1.54) is 37.3 Å². The van der Waals surface area contributed by atoms with Gasteiger partial charge in [0.25, 0.3) is 0 Å². The Labute approximate surface area is 166 Å². The number of nitrogens with one attached hydrogen (secondary N) is 2. The second-order valence-electron chi connectivity index (χ2n) is 6.28. The first-order valence-electron chi connectivity index (χ1n) is 8.69. The second kappa shape index (κ2) is 8.38. The molecular formula is C20H18N2O6S. The lowest BCUT2D eigenvalue weighted by Crippen LogP contribution is -2.27. The van der Waals surface area contributed by atoms with Gasteiger partial charge in [0.05, 0.1) is 4.90 Å². The Morgan fingerprint density at radius 1 is 1.00 bits per heavy atom. The molecule has 0 unspecified atom stereocenters. The highest BCUT2D eigenvalue weighted by atomic mass is 32.2. The van der Waals surface area contributed by atoms with E-state index in [1.54, 1.807) is 24.3 Å². The van der Waals surface area contributed by atoms with Crippen LogP contribution < -0.4 is 15.7 Å². The summed E-state index contributed by atoms with van der Waals surface area (Å²) in [6.07, 6.45) is -0.0767. The van der Waals surface area contributed by atoms with Crippen LogP contribution in [0.15, 0.2) is 68.7 Å². The first kappa shape index (κ1) is 20.4. The molecule has 0 saturated carbocycles. The summed E-state index contributed by atoms with van der Waals surface area (Å²) in [6, 6.07) is 13.2. The Hall–Kier alpha value is -3.30. The standard InChI is InChI=1S/C20H18N2O6S/c1-13(23)14-2-6-17(7-3-14)29(26,27)21-11-10-19(24)22-16-5-8-18-15(12-16)4-9-20(25)28-18/h2-9,12,21H,10-11H2,1H3,(H,22,24). The fourth-order valence-corrected chi connectivity index (χ4v) is 3.66. The van der Waals surface area contributed by atoms with E-state index < -0.39 is 15.6 Å². The van der Waals surface area contributed by atoms with Gasteiger partial charge in [-0.15, -0.1) is 0 Å². The average Bonchev–Trinajstić information content (AvgIpc) is 2.68. The van der Waals surface area contributed by atoms with Crippen LogP contribution in [0.2, 0.25) is 0 Å². The van der Waals surface area contributed by atoms with Gasteiger partial charge in [-0.3, -0.25) is 9.59 Å². The summed E-state index contributed by atoms with van der Waals surface area (Å²) >= 11 is 0. The lowest BCUT2D eigenvalue weighted by molar-refractivity contribution is -0.116. The molecule has 0 bridgehead atoms. The summed E-state index contributed by atoms with van der Waals surface area (Å²) in [6.45, 7) is 1.30. The lowest BCUT2D eigenvalue weighted by Gasteiger charge is -2.08. The molecule has 1 heterocycles. The third-order valence-electron chi connectivity index (χ3n) is 4.12. The molecule has 0 fully saturated rings. The van der Waals surface area contributed by atoms with Crippen molar-refractivity contribution in [3.05, 3.63) is 70.6 Å². The van der Waals surface area contributed by atoms with Gasteiger partial charge in [-0.2, -0.15) is 0 Å². The van der Waals surface area contributed by atoms with Crippen molar-refractivity contribution < 1.29 is 22.4 Å². The topological polar surface area (TPSA) is 123 Å². The van der Waals surface area contributed by atoms with Gasteiger partial charge < -0.3 is 9.73 Å². The van der Waals surface area contributed by atoms with E-state index in [0.717, 1.165) is 0 Å². The maximum atomic E-state index is 12.3. The first-order chi connectivity index (χ1) is 13.7. The normalized spacial score (nSPS) is 11.3. The Bertz CT molecular complexity index is 1230. The molecule has 1 aromatic heterocycles. The third kappa shape index (κ3) is 5.15. The number of amides is 1. The fourth-order valence-electron chi connectivity index (χ4n) is 2.62. The highest BCUT2D eigenvalue weighted by Crippen LogP contribution is 2.17. The molecule has 0 aliphatic carbocycles. The second-order valence-corrected chi connectivity index (χ2v) is 8.05. The summed E-state index contributed by atoms with van der Waals surface area (Å²) < 4.78 is 31.9. The molecule has 0 spiro atoms. The zero-order chi connectivity index (χ0) is 21.0. The predicted molar refractivity (Wildman–Crippen MR) is 107 cm³/mol. The molecule has 3 rings (SSSR count). The molecule has 29 heavy (non-hydrogen) atoms. The number of fused-ring (bicyclic) bond motifs is 1. The SMILES string of the molecule is CC(=O)c1ccc(S(=O)(=O)NCCC(=O)Nc2ccc3oc(=O)ccc3c2)cc1. The van der Waals surface area contributed by atoms with Crippen LogP contribution in [0.4, 0.5) is 5.69 Å². The van der Waals surface area contributed by atoms with Gasteiger partial charge in [-0.05, 0) is 43.3 Å². The summed E-state index contributed by atoms with van der Waals surface area (Å²) in [5.74, 6) is -0.536. The predicted octanol–water partition coefficient (Wildman–Crippen LogP) is 2.30. The zero-order valence-corrected chi connectivity index (χ0v) is 16.3. The number of Topliss-reactive ketones (excluding diaryl/α,β-unsaturated/α-hetero) is 1. The lowest BCUT2D eigenvalue weighted by atomic mass is 10.2. The fraction of sp³-hybridized carbons (Fsp3) is 0.150. The summed E-state index contributed by atoms with van der Waals surface area (Å²) in [4.78, 5) is 34.5. The minimum absolute atomic E-state index is 0.0129. The Morgan fingerprint density at radius 3 is 2.41 bits per heavy atom. The van der Waals surface area contributed by atoms with Crippen molar-refractivity contribution in [1.82, 2.24) is 4.72 Å². The Morgan fingerprint density at radius 2 is 1.72 bits per heavy atom. The van der Waals surface area contributed by atoms with E-state index in [1.807, 2.05) is 0 Å². The quantitative estimate of drug-likeness (QED) is 0.452. The van der Waals surface area contributed by atoms with Crippen molar-refractivity contribution in [3.8, 4) is 0 Å². The van der Waals surface area contributed by atoms with Gasteiger partial charge in [-0.25, -0.2) is 17.9 Å². The summed E-state index contributed by atoms with van der Waals surface area (Å²) in [5.41, 5.74) is 0.855. The van der Waals surface area contributed by atoms with Crippen molar-refractivity contribution in [2.45, 2.75) is 18.2 Å². The van der Waals surface area contributed by atoms with Gasteiger partial charge in [0, 0.05) is 35.7 Å². The van der Waals surface area contributed by atoms with E-state index >= 15 is 0 Å². The van der Waals surface area contributed by atoms with E-state index in [0.29, 0.717) is 22.2 Å². The maximum absolute atomic E-state index is 12.3. The number of ketones is 1. The smallest absolute Gasteiger partial charge is 0.336 e. The van der Waals surface area contributed by atoms with E-state index in [4.69, 9.17) is 4.42 Å². The van der Waals surface area contributed by atoms with E-state index in [2.05, 4.69) is 10.0 Å². The van der Waals surface area contributed by atoms with Crippen LogP contribution in [0.25, 0.3) is 11.0 Å². The monoisotopic (exact) mass is 414 g/mol. The van der Waals surface area contributed by atoms with Crippen LogP contribution in [0.3, 0.4) is 0 Å². The maximum Gasteiger partial charge on any atom is 0.336 e. The highest BCUT2D eigenvalue weighted by molar-refractivity contribution is 7.89. The number of carbonyl (C=O) groups excluding carboxylic acids is 2. The molecule has 1 amide bonds.